The van der Waals surface area contributed by atoms with Crippen LogP contribution in [-0.4, -0.2) is 63.6 Å². The number of benzene rings is 3. The third-order valence-electron chi connectivity index (χ3n) is 7.33. The van der Waals surface area contributed by atoms with Crippen molar-refractivity contribution in [2.45, 2.75) is 6.54 Å². The second kappa shape index (κ2) is 10.8. The predicted octanol–water partition coefficient (Wildman–Crippen LogP) is 3.47. The lowest BCUT2D eigenvalue weighted by Crippen LogP contribution is -2.39. The lowest BCUT2D eigenvalue weighted by atomic mass is 10.1. The molecule has 1 amide bonds. The number of pyridine rings is 1. The summed E-state index contributed by atoms with van der Waals surface area (Å²) in [6, 6.07) is 23.8. The second-order valence-electron chi connectivity index (χ2n) is 10.1. The van der Waals surface area contributed by atoms with Gasteiger partial charge < -0.3 is 9.88 Å². The summed E-state index contributed by atoms with van der Waals surface area (Å²) < 4.78 is 25.0. The first-order valence-electron chi connectivity index (χ1n) is 13.2. The number of carbonyl (C=O) groups is 1. The quantitative estimate of drug-likeness (QED) is 0.321. The van der Waals surface area contributed by atoms with Gasteiger partial charge in [0.1, 0.15) is 0 Å². The molecule has 208 valence electrons. The van der Waals surface area contributed by atoms with Gasteiger partial charge in [0.15, 0.2) is 21.5 Å². The van der Waals surface area contributed by atoms with E-state index < -0.39 is 9.84 Å². The van der Waals surface area contributed by atoms with Crippen molar-refractivity contribution >= 4 is 32.3 Å². The maximum Gasteiger partial charge on any atom is 0.255 e. The number of carbonyl (C=O) groups excluding carboxylic acids is 1. The zero-order chi connectivity index (χ0) is 28.6. The Bertz CT molecular complexity index is 1920. The van der Waals surface area contributed by atoms with E-state index in [4.69, 9.17) is 0 Å². The number of sulfone groups is 1. The van der Waals surface area contributed by atoms with Gasteiger partial charge in [0.2, 0.25) is 0 Å². The Labute approximate surface area is 236 Å². The SMILES string of the molecule is Cn1c(=O)cc(-c2nc(-c3ccc(NC(=O)c4cccc(CN5CCS(=O)(=O)CC5)c4)cc3)n[nH]2)c2ccccc21. The number of hydrogen-bond acceptors (Lipinski definition) is 7. The lowest BCUT2D eigenvalue weighted by Gasteiger charge is -2.26. The van der Waals surface area contributed by atoms with Crippen LogP contribution in [0.2, 0.25) is 0 Å². The summed E-state index contributed by atoms with van der Waals surface area (Å²) in [7, 11) is -1.20. The van der Waals surface area contributed by atoms with E-state index in [0.717, 1.165) is 22.0 Å². The standard InChI is InChI=1S/C30H28N6O4S/c1-35-26-8-3-2-7-24(26)25(18-27(35)37)29-32-28(33-34-29)21-9-11-23(12-10-21)31-30(38)22-6-4-5-20(17-22)19-36-13-15-41(39,40)16-14-36/h2-12,17-18H,13-16,19H2,1H3,(H,31,38)(H,32,33,34). The molecule has 11 heteroatoms. The molecular weight excluding hydrogens is 540 g/mol. The number of aryl methyl sites for hydroxylation is 1. The van der Waals surface area contributed by atoms with Crippen molar-refractivity contribution in [3.8, 4) is 22.8 Å². The van der Waals surface area contributed by atoms with E-state index in [1.807, 2.05) is 54.6 Å². The van der Waals surface area contributed by atoms with Crippen molar-refractivity contribution < 1.29 is 13.2 Å². The summed E-state index contributed by atoms with van der Waals surface area (Å²) >= 11 is 0. The number of anilines is 1. The highest BCUT2D eigenvalue weighted by atomic mass is 32.2. The van der Waals surface area contributed by atoms with Crippen LogP contribution >= 0.6 is 0 Å². The van der Waals surface area contributed by atoms with Crippen LogP contribution in [-0.2, 0) is 23.4 Å². The molecule has 41 heavy (non-hydrogen) atoms. The minimum absolute atomic E-state index is 0.135. The molecule has 0 aliphatic carbocycles. The molecule has 2 N–H and O–H groups in total. The van der Waals surface area contributed by atoms with Crippen LogP contribution < -0.4 is 10.9 Å². The Morgan fingerprint density at radius 1 is 0.976 bits per heavy atom. The second-order valence-corrected chi connectivity index (χ2v) is 12.4. The van der Waals surface area contributed by atoms with Gasteiger partial charge in [-0.25, -0.2) is 13.4 Å². The maximum atomic E-state index is 13.0. The molecule has 0 bridgehead atoms. The Morgan fingerprint density at radius 3 is 2.51 bits per heavy atom. The van der Waals surface area contributed by atoms with Crippen LogP contribution in [0.4, 0.5) is 5.69 Å². The Balaban J connectivity index is 1.15. The fourth-order valence-electron chi connectivity index (χ4n) is 5.00. The van der Waals surface area contributed by atoms with Gasteiger partial charge in [0.05, 0.1) is 17.0 Å². The number of fused-ring (bicyclic) bond motifs is 1. The van der Waals surface area contributed by atoms with E-state index in [0.29, 0.717) is 48.1 Å². The summed E-state index contributed by atoms with van der Waals surface area (Å²) in [5, 5.41) is 11.1. The molecule has 0 saturated carbocycles. The van der Waals surface area contributed by atoms with Crippen molar-refractivity contribution in [3.63, 3.8) is 0 Å². The molecule has 0 radical (unpaired) electrons. The molecule has 1 fully saturated rings. The minimum atomic E-state index is -2.94. The van der Waals surface area contributed by atoms with E-state index in [9.17, 15) is 18.0 Å². The number of hydrogen-bond donors (Lipinski definition) is 2. The van der Waals surface area contributed by atoms with Gasteiger partial charge in [0.25, 0.3) is 11.5 Å². The smallest absolute Gasteiger partial charge is 0.255 e. The van der Waals surface area contributed by atoms with Gasteiger partial charge in [-0.3, -0.25) is 19.6 Å². The molecule has 1 saturated heterocycles. The van der Waals surface area contributed by atoms with Gasteiger partial charge in [-0.1, -0.05) is 30.3 Å². The Morgan fingerprint density at radius 2 is 1.73 bits per heavy atom. The molecular formula is C30H28N6O4S. The number of aromatic nitrogens is 4. The van der Waals surface area contributed by atoms with Gasteiger partial charge >= 0.3 is 0 Å². The summed E-state index contributed by atoms with van der Waals surface area (Å²) in [6.07, 6.45) is 0. The molecule has 0 unspecified atom stereocenters. The number of para-hydroxylation sites is 1. The maximum absolute atomic E-state index is 13.0. The van der Waals surface area contributed by atoms with Crippen LogP contribution in [0.25, 0.3) is 33.7 Å². The summed E-state index contributed by atoms with van der Waals surface area (Å²) in [6.45, 7) is 1.59. The molecule has 1 aliphatic rings. The van der Waals surface area contributed by atoms with Gasteiger partial charge in [0, 0.05) is 60.5 Å². The van der Waals surface area contributed by atoms with Gasteiger partial charge in [-0.05, 0) is 48.0 Å². The molecule has 6 rings (SSSR count). The monoisotopic (exact) mass is 568 g/mol. The van der Waals surface area contributed by atoms with Crippen LogP contribution in [0.5, 0.6) is 0 Å². The molecule has 3 heterocycles. The van der Waals surface area contributed by atoms with Crippen LogP contribution in [0.15, 0.2) is 83.7 Å². The average molecular weight is 569 g/mol. The third kappa shape index (κ3) is 5.67. The topological polar surface area (TPSA) is 130 Å². The summed E-state index contributed by atoms with van der Waals surface area (Å²) in [5.41, 5.74) is 4.21. The van der Waals surface area contributed by atoms with E-state index in [-0.39, 0.29) is 23.0 Å². The van der Waals surface area contributed by atoms with Crippen LogP contribution in [0, 0.1) is 0 Å². The molecule has 0 spiro atoms. The Kier molecular flexibility index (Phi) is 6.98. The van der Waals surface area contributed by atoms with E-state index >= 15 is 0 Å². The number of aromatic amines is 1. The van der Waals surface area contributed by atoms with Crippen molar-refractivity contribution in [1.29, 1.82) is 0 Å². The Hall–Kier alpha value is -4.61. The molecule has 10 nitrogen and oxygen atoms in total. The summed E-state index contributed by atoms with van der Waals surface area (Å²) in [5.74, 6) is 1.07. The molecule has 5 aromatic rings. The zero-order valence-corrected chi connectivity index (χ0v) is 23.2. The number of amides is 1. The third-order valence-corrected chi connectivity index (χ3v) is 8.94. The van der Waals surface area contributed by atoms with Crippen LogP contribution in [0.3, 0.4) is 0 Å². The highest BCUT2D eigenvalue weighted by Gasteiger charge is 2.21. The number of nitrogens with zero attached hydrogens (tertiary/aromatic N) is 4. The molecule has 2 aromatic heterocycles. The lowest BCUT2D eigenvalue weighted by molar-refractivity contribution is 0.102. The normalized spacial score (nSPS) is 15.1. The minimum Gasteiger partial charge on any atom is -0.322 e. The number of rotatable bonds is 6. The van der Waals surface area contributed by atoms with Crippen molar-refractivity contribution in [1.82, 2.24) is 24.6 Å². The number of H-pyrrole nitrogens is 1. The van der Waals surface area contributed by atoms with Crippen molar-refractivity contribution in [2.75, 3.05) is 29.9 Å². The van der Waals surface area contributed by atoms with Gasteiger partial charge in [-0.2, -0.15) is 5.10 Å². The first kappa shape index (κ1) is 26.6. The van der Waals surface area contributed by atoms with Crippen molar-refractivity contribution in [3.05, 3.63) is 100 Å². The fourth-order valence-corrected chi connectivity index (χ4v) is 6.28. The van der Waals surface area contributed by atoms with Crippen molar-refractivity contribution in [2.24, 2.45) is 7.05 Å². The first-order valence-corrected chi connectivity index (χ1v) is 15.0. The molecule has 3 aromatic carbocycles. The summed E-state index contributed by atoms with van der Waals surface area (Å²) in [4.78, 5) is 32.2. The van der Waals surface area contributed by atoms with E-state index in [1.54, 1.807) is 35.9 Å². The highest BCUT2D eigenvalue weighted by molar-refractivity contribution is 7.91. The average Bonchev–Trinajstić information content (AvgIpc) is 3.47. The predicted molar refractivity (Wildman–Crippen MR) is 158 cm³/mol. The molecule has 0 atom stereocenters. The first-order chi connectivity index (χ1) is 19.8. The zero-order valence-electron chi connectivity index (χ0n) is 22.4. The van der Waals surface area contributed by atoms with E-state index in [2.05, 4.69) is 25.4 Å². The van der Waals surface area contributed by atoms with E-state index in [1.165, 1.54) is 0 Å². The molecule has 1 aliphatic heterocycles. The highest BCUT2D eigenvalue weighted by Crippen LogP contribution is 2.26. The fraction of sp³-hybridized carbons (Fsp3) is 0.200. The van der Waals surface area contributed by atoms with Gasteiger partial charge in [-0.15, -0.1) is 0 Å². The number of nitrogens with one attached hydrogen (secondary N) is 2. The van der Waals surface area contributed by atoms with Crippen LogP contribution in [0.1, 0.15) is 15.9 Å². The largest absolute Gasteiger partial charge is 0.322 e.